The molecule has 0 N–H and O–H groups in total. The number of hydrogen-bond donors (Lipinski definition) is 0. The molecule has 0 aliphatic carbocycles. The third-order valence-electron chi connectivity index (χ3n) is 10.2. The summed E-state index contributed by atoms with van der Waals surface area (Å²) >= 11 is 0. The zero-order chi connectivity index (χ0) is 35.3. The van der Waals surface area contributed by atoms with Crippen molar-refractivity contribution in [3.05, 3.63) is 223 Å². The van der Waals surface area contributed by atoms with Crippen LogP contribution in [-0.4, -0.2) is 0 Å². The van der Waals surface area contributed by atoms with Crippen molar-refractivity contribution in [2.24, 2.45) is 0 Å². The molecule has 0 amide bonds. The Morgan fingerprint density at radius 1 is 0.269 bits per heavy atom. The average molecular weight is 668 g/mol. The van der Waals surface area contributed by atoms with Crippen molar-refractivity contribution >= 4 is 17.1 Å². The molecule has 0 aromatic heterocycles. The number of nitrogens with zero attached hydrogens (tertiary/aromatic N) is 1. The topological polar surface area (TPSA) is 3.24 Å². The zero-order valence-electron chi connectivity index (χ0n) is 29.7. The lowest BCUT2D eigenvalue weighted by atomic mass is 9.77. The van der Waals surface area contributed by atoms with Crippen molar-refractivity contribution < 1.29 is 0 Å². The minimum atomic E-state index is -0.101. The molecule has 0 spiro atoms. The van der Waals surface area contributed by atoms with Gasteiger partial charge in [-0.2, -0.15) is 0 Å². The molecule has 0 atom stereocenters. The summed E-state index contributed by atoms with van der Waals surface area (Å²) in [5, 5.41) is 0. The van der Waals surface area contributed by atoms with Gasteiger partial charge < -0.3 is 4.90 Å². The maximum atomic E-state index is 2.34. The number of rotatable bonds is 9. The third-order valence-corrected chi connectivity index (χ3v) is 10.2. The summed E-state index contributed by atoms with van der Waals surface area (Å²) in [7, 11) is 0. The molecule has 0 aliphatic rings. The summed E-state index contributed by atoms with van der Waals surface area (Å²) < 4.78 is 0. The van der Waals surface area contributed by atoms with E-state index in [-0.39, 0.29) is 5.41 Å². The van der Waals surface area contributed by atoms with Crippen LogP contribution in [0.4, 0.5) is 17.1 Å². The van der Waals surface area contributed by atoms with E-state index in [2.05, 4.69) is 231 Å². The molecule has 1 heteroatoms. The second-order valence-electron chi connectivity index (χ2n) is 13.9. The van der Waals surface area contributed by atoms with Crippen LogP contribution in [0.2, 0.25) is 0 Å². The predicted molar refractivity (Wildman–Crippen MR) is 221 cm³/mol. The average Bonchev–Trinajstić information content (AvgIpc) is 3.23. The van der Waals surface area contributed by atoms with E-state index in [1.807, 2.05) is 0 Å². The van der Waals surface area contributed by atoms with Gasteiger partial charge in [-0.25, -0.2) is 0 Å². The first-order valence-electron chi connectivity index (χ1n) is 18.0. The third kappa shape index (κ3) is 6.82. The Balaban J connectivity index is 1.11. The molecule has 0 radical (unpaired) electrons. The Kier molecular flexibility index (Phi) is 9.08. The molecular weight excluding hydrogens is 627 g/mol. The molecule has 52 heavy (non-hydrogen) atoms. The van der Waals surface area contributed by atoms with Gasteiger partial charge in [0, 0.05) is 22.5 Å². The van der Waals surface area contributed by atoms with Crippen molar-refractivity contribution in [2.75, 3.05) is 4.90 Å². The van der Waals surface area contributed by atoms with Gasteiger partial charge in [0.1, 0.15) is 0 Å². The van der Waals surface area contributed by atoms with Crippen molar-refractivity contribution in [1.82, 2.24) is 0 Å². The highest BCUT2D eigenvalue weighted by Gasteiger charge is 2.23. The first-order valence-corrected chi connectivity index (χ1v) is 18.0. The van der Waals surface area contributed by atoms with Crippen LogP contribution in [0.25, 0.3) is 44.5 Å². The molecule has 8 aromatic carbocycles. The van der Waals surface area contributed by atoms with Crippen LogP contribution in [0.5, 0.6) is 0 Å². The van der Waals surface area contributed by atoms with Gasteiger partial charge in [0.25, 0.3) is 0 Å². The molecule has 8 rings (SSSR count). The molecule has 250 valence electrons. The second kappa shape index (κ2) is 14.4. The molecule has 8 aromatic rings. The Hall–Kier alpha value is -6.44. The molecule has 0 aliphatic heterocycles. The van der Waals surface area contributed by atoms with E-state index < -0.39 is 0 Å². The van der Waals surface area contributed by atoms with Gasteiger partial charge in [-0.15, -0.1) is 0 Å². The first kappa shape index (κ1) is 32.7. The SMILES string of the molecule is CC(C)(c1ccccc1)c1cccc(-c2ccc(N(c3ccc(-c4ccccc4)cc3)c3ccc(-c4ccc(-c5ccccc5)cc4)cc3)cc2)c1. The molecule has 0 bridgehead atoms. The van der Waals surface area contributed by atoms with Crippen molar-refractivity contribution in [2.45, 2.75) is 19.3 Å². The van der Waals surface area contributed by atoms with Crippen molar-refractivity contribution in [3.8, 4) is 44.5 Å². The van der Waals surface area contributed by atoms with E-state index in [9.17, 15) is 0 Å². The maximum absolute atomic E-state index is 2.34. The quantitative estimate of drug-likeness (QED) is 0.148. The van der Waals surface area contributed by atoms with Crippen LogP contribution < -0.4 is 4.90 Å². The highest BCUT2D eigenvalue weighted by Crippen LogP contribution is 2.39. The van der Waals surface area contributed by atoms with Gasteiger partial charge in [-0.05, 0) is 92.0 Å². The van der Waals surface area contributed by atoms with Gasteiger partial charge in [-0.3, -0.25) is 0 Å². The van der Waals surface area contributed by atoms with Gasteiger partial charge in [0.15, 0.2) is 0 Å². The summed E-state index contributed by atoms with van der Waals surface area (Å²) in [4.78, 5) is 2.34. The van der Waals surface area contributed by atoms with E-state index in [0.29, 0.717) is 0 Å². The highest BCUT2D eigenvalue weighted by molar-refractivity contribution is 5.81. The summed E-state index contributed by atoms with van der Waals surface area (Å²) in [6.07, 6.45) is 0. The summed E-state index contributed by atoms with van der Waals surface area (Å²) in [6, 6.07) is 76.5. The molecule has 0 unspecified atom stereocenters. The standard InChI is InChI=1S/C51H41N/c1-51(2,46-18-10-5-11-19-46)47-20-12-17-45(37-47)44-29-35-50(36-30-44)52(48-31-25-42(26-32-48)39-15-8-4-9-16-39)49-33-27-43(28-34-49)41-23-21-40(22-24-41)38-13-6-3-7-14-38/h3-37H,1-2H3. The molecule has 0 fully saturated rings. The zero-order valence-corrected chi connectivity index (χ0v) is 29.7. The maximum Gasteiger partial charge on any atom is 0.0462 e. The minimum Gasteiger partial charge on any atom is -0.311 e. The van der Waals surface area contributed by atoms with Crippen LogP contribution in [0.3, 0.4) is 0 Å². The number of hydrogen-bond acceptors (Lipinski definition) is 1. The predicted octanol–water partition coefficient (Wildman–Crippen LogP) is 14.2. The number of benzene rings is 8. The monoisotopic (exact) mass is 667 g/mol. The van der Waals surface area contributed by atoms with E-state index in [0.717, 1.165) is 17.1 Å². The van der Waals surface area contributed by atoms with Crippen LogP contribution in [0, 0.1) is 0 Å². The normalized spacial score (nSPS) is 11.3. The van der Waals surface area contributed by atoms with Crippen LogP contribution in [0.15, 0.2) is 212 Å². The van der Waals surface area contributed by atoms with Crippen LogP contribution in [0.1, 0.15) is 25.0 Å². The fourth-order valence-electron chi connectivity index (χ4n) is 7.08. The van der Waals surface area contributed by atoms with Gasteiger partial charge in [0.05, 0.1) is 0 Å². The van der Waals surface area contributed by atoms with Crippen LogP contribution >= 0.6 is 0 Å². The molecule has 1 nitrogen and oxygen atoms in total. The first-order chi connectivity index (χ1) is 25.5. The van der Waals surface area contributed by atoms with Gasteiger partial charge in [0.2, 0.25) is 0 Å². The van der Waals surface area contributed by atoms with Crippen molar-refractivity contribution in [1.29, 1.82) is 0 Å². The van der Waals surface area contributed by atoms with E-state index in [1.54, 1.807) is 0 Å². The Morgan fingerprint density at radius 2 is 0.558 bits per heavy atom. The smallest absolute Gasteiger partial charge is 0.0462 e. The fraction of sp³-hybridized carbons (Fsp3) is 0.0588. The van der Waals surface area contributed by atoms with Crippen molar-refractivity contribution in [3.63, 3.8) is 0 Å². The fourth-order valence-corrected chi connectivity index (χ4v) is 7.08. The number of anilines is 3. The Labute approximate surface area is 308 Å². The van der Waals surface area contributed by atoms with E-state index in [4.69, 9.17) is 0 Å². The Morgan fingerprint density at radius 3 is 0.962 bits per heavy atom. The lowest BCUT2D eigenvalue weighted by Crippen LogP contribution is -2.18. The molecule has 0 saturated carbocycles. The highest BCUT2D eigenvalue weighted by atomic mass is 15.1. The van der Waals surface area contributed by atoms with E-state index in [1.165, 1.54) is 55.6 Å². The van der Waals surface area contributed by atoms with Crippen LogP contribution in [-0.2, 0) is 5.41 Å². The Bertz CT molecular complexity index is 2360. The molecule has 0 heterocycles. The lowest BCUT2D eigenvalue weighted by Gasteiger charge is -2.27. The largest absolute Gasteiger partial charge is 0.311 e. The summed E-state index contributed by atoms with van der Waals surface area (Å²) in [6.45, 7) is 4.60. The minimum absolute atomic E-state index is 0.101. The molecular formula is C51H41N. The van der Waals surface area contributed by atoms with Gasteiger partial charge in [-0.1, -0.05) is 190 Å². The summed E-state index contributed by atoms with van der Waals surface area (Å²) in [5.74, 6) is 0. The van der Waals surface area contributed by atoms with E-state index >= 15 is 0 Å². The lowest BCUT2D eigenvalue weighted by molar-refractivity contribution is 0.641. The van der Waals surface area contributed by atoms with Gasteiger partial charge >= 0.3 is 0 Å². The second-order valence-corrected chi connectivity index (χ2v) is 13.9. The summed E-state index contributed by atoms with van der Waals surface area (Å²) in [5.41, 5.74) is 15.5. The molecule has 0 saturated heterocycles.